The lowest BCUT2D eigenvalue weighted by atomic mass is 9.94. The van der Waals surface area contributed by atoms with Gasteiger partial charge in [-0.2, -0.15) is 5.10 Å². The molecule has 1 amide bonds. The molecule has 9 heteroatoms. The van der Waals surface area contributed by atoms with E-state index < -0.39 is 6.04 Å². The van der Waals surface area contributed by atoms with Crippen molar-refractivity contribution in [2.75, 3.05) is 20.3 Å². The van der Waals surface area contributed by atoms with Crippen molar-refractivity contribution in [3.05, 3.63) is 84.2 Å². The van der Waals surface area contributed by atoms with Crippen molar-refractivity contribution in [1.29, 1.82) is 0 Å². The largest absolute Gasteiger partial charge is 0.497 e. The zero-order valence-electron chi connectivity index (χ0n) is 21.2. The lowest BCUT2D eigenvalue weighted by Crippen LogP contribution is -2.31. The zero-order valence-corrected chi connectivity index (χ0v) is 21.2. The van der Waals surface area contributed by atoms with Crippen molar-refractivity contribution in [2.45, 2.75) is 38.1 Å². The van der Waals surface area contributed by atoms with Gasteiger partial charge in [-0.15, -0.1) is 0 Å². The van der Waals surface area contributed by atoms with Gasteiger partial charge >= 0.3 is 0 Å². The van der Waals surface area contributed by atoms with E-state index in [0.29, 0.717) is 17.9 Å². The predicted molar refractivity (Wildman–Crippen MR) is 140 cm³/mol. The van der Waals surface area contributed by atoms with Gasteiger partial charge in [0.2, 0.25) is 0 Å². The molecule has 38 heavy (non-hydrogen) atoms. The molecule has 2 atom stereocenters. The summed E-state index contributed by atoms with van der Waals surface area (Å²) in [5.41, 5.74) is 5.79. The molecule has 2 aromatic heterocycles. The fraction of sp³-hybridized carbons (Fsp3) is 0.310. The van der Waals surface area contributed by atoms with Crippen LogP contribution in [0, 0.1) is 0 Å². The number of aliphatic hydroxyl groups excluding tert-OH is 1. The maximum Gasteiger partial charge on any atom is 0.255 e. The summed E-state index contributed by atoms with van der Waals surface area (Å²) in [7, 11) is 1.60. The highest BCUT2D eigenvalue weighted by molar-refractivity contribution is 6.02. The van der Waals surface area contributed by atoms with Crippen molar-refractivity contribution in [1.82, 2.24) is 24.6 Å². The van der Waals surface area contributed by atoms with Crippen LogP contribution in [0.1, 0.15) is 53.0 Å². The molecule has 0 radical (unpaired) electrons. The molecule has 0 saturated carbocycles. The number of carbonyl (C=O) groups excluding carboxylic acids is 1. The van der Waals surface area contributed by atoms with Gasteiger partial charge in [0.25, 0.3) is 5.91 Å². The lowest BCUT2D eigenvalue weighted by Gasteiger charge is -2.27. The number of amides is 1. The number of aromatic nitrogens is 4. The van der Waals surface area contributed by atoms with Gasteiger partial charge in [-0.3, -0.25) is 4.79 Å². The Labute approximate surface area is 220 Å². The van der Waals surface area contributed by atoms with E-state index in [1.165, 1.54) is 6.33 Å². The average molecular weight is 512 g/mol. The molecule has 6 rings (SSSR count). The van der Waals surface area contributed by atoms with Crippen LogP contribution in [0.5, 0.6) is 5.75 Å². The summed E-state index contributed by atoms with van der Waals surface area (Å²) in [6.45, 7) is 0.883. The number of carbonyl (C=O) groups is 1. The quantitative estimate of drug-likeness (QED) is 0.392. The molecule has 1 saturated heterocycles. The molecule has 9 nitrogen and oxygen atoms in total. The van der Waals surface area contributed by atoms with Gasteiger partial charge in [-0.05, 0) is 65.8 Å². The number of benzene rings is 2. The minimum Gasteiger partial charge on any atom is -0.497 e. The average Bonchev–Trinajstić information content (AvgIpc) is 3.60. The Bertz CT molecular complexity index is 1450. The zero-order chi connectivity index (χ0) is 26.1. The Morgan fingerprint density at radius 2 is 1.92 bits per heavy atom. The highest BCUT2D eigenvalue weighted by Crippen LogP contribution is 2.40. The molecule has 4 heterocycles. The van der Waals surface area contributed by atoms with E-state index >= 15 is 0 Å². The van der Waals surface area contributed by atoms with Crippen LogP contribution in [-0.2, 0) is 11.3 Å². The second-order valence-electron chi connectivity index (χ2n) is 9.62. The normalized spacial score (nSPS) is 17.9. The molecule has 2 unspecified atom stereocenters. The minimum atomic E-state index is -0.514. The van der Waals surface area contributed by atoms with Crippen molar-refractivity contribution in [3.8, 4) is 28.0 Å². The number of rotatable bonds is 7. The van der Waals surface area contributed by atoms with E-state index in [9.17, 15) is 9.90 Å². The monoisotopic (exact) mass is 511 g/mol. The Morgan fingerprint density at radius 3 is 2.68 bits per heavy atom. The first-order chi connectivity index (χ1) is 18.7. The fourth-order valence-electron chi connectivity index (χ4n) is 5.35. The molecule has 2 aliphatic rings. The van der Waals surface area contributed by atoms with Crippen LogP contribution in [-0.4, -0.2) is 56.0 Å². The summed E-state index contributed by atoms with van der Waals surface area (Å²) < 4.78 is 13.1. The Morgan fingerprint density at radius 1 is 1.08 bits per heavy atom. The number of nitrogens with zero attached hydrogens (tertiary/aromatic N) is 5. The van der Waals surface area contributed by atoms with E-state index in [2.05, 4.69) is 21.1 Å². The van der Waals surface area contributed by atoms with Gasteiger partial charge in [0.1, 0.15) is 18.3 Å². The van der Waals surface area contributed by atoms with Crippen LogP contribution in [0.2, 0.25) is 0 Å². The van der Waals surface area contributed by atoms with Crippen LogP contribution in [0.25, 0.3) is 22.3 Å². The smallest absolute Gasteiger partial charge is 0.255 e. The second-order valence-corrected chi connectivity index (χ2v) is 9.62. The van der Waals surface area contributed by atoms with Gasteiger partial charge in [0.05, 0.1) is 26.0 Å². The maximum absolute atomic E-state index is 13.9. The molecule has 1 N–H and O–H groups in total. The highest BCUT2D eigenvalue weighted by Gasteiger charge is 2.36. The van der Waals surface area contributed by atoms with Crippen molar-refractivity contribution in [3.63, 3.8) is 0 Å². The number of hydrogen-bond acceptors (Lipinski definition) is 7. The molecule has 1 fully saturated rings. The number of hydrogen-bond donors (Lipinski definition) is 1. The van der Waals surface area contributed by atoms with Crippen LogP contribution in [0.15, 0.2) is 67.5 Å². The Kier molecular flexibility index (Phi) is 6.61. The van der Waals surface area contributed by atoms with Gasteiger partial charge in [0.15, 0.2) is 0 Å². The van der Waals surface area contributed by atoms with Crippen molar-refractivity contribution < 1.29 is 19.4 Å². The topological polar surface area (TPSA) is 103 Å². The predicted octanol–water partition coefficient (Wildman–Crippen LogP) is 4.40. The van der Waals surface area contributed by atoms with E-state index in [4.69, 9.17) is 9.47 Å². The summed E-state index contributed by atoms with van der Waals surface area (Å²) in [6.07, 6.45) is 11.8. The molecule has 194 valence electrons. The second kappa shape index (κ2) is 10.4. The summed E-state index contributed by atoms with van der Waals surface area (Å²) in [4.78, 5) is 24.0. The van der Waals surface area contributed by atoms with E-state index in [1.54, 1.807) is 24.4 Å². The van der Waals surface area contributed by atoms with Gasteiger partial charge < -0.3 is 19.5 Å². The Balaban J connectivity index is 1.41. The highest BCUT2D eigenvalue weighted by atomic mass is 16.5. The first-order valence-corrected chi connectivity index (χ1v) is 12.8. The Hall–Kier alpha value is -4.08. The maximum atomic E-state index is 13.9. The van der Waals surface area contributed by atoms with E-state index in [-0.39, 0.29) is 18.7 Å². The molecular formula is C29H29N5O4. The van der Waals surface area contributed by atoms with Gasteiger partial charge in [-0.1, -0.05) is 12.1 Å². The molecule has 4 aromatic rings. The molecule has 0 aliphatic carbocycles. The summed E-state index contributed by atoms with van der Waals surface area (Å²) >= 11 is 0. The van der Waals surface area contributed by atoms with E-state index in [0.717, 1.165) is 59.3 Å². The number of aliphatic hydroxyl groups is 1. The fourth-order valence-corrected chi connectivity index (χ4v) is 5.35. The molecule has 0 spiro atoms. The number of fused-ring (bicyclic) bond motifs is 1. The first kappa shape index (κ1) is 24.3. The third kappa shape index (κ3) is 4.44. The van der Waals surface area contributed by atoms with Crippen LogP contribution < -0.4 is 4.74 Å². The third-order valence-electron chi connectivity index (χ3n) is 7.35. The summed E-state index contributed by atoms with van der Waals surface area (Å²) in [5.74, 6) is 0.540. The first-order valence-electron chi connectivity index (χ1n) is 12.8. The molecular weight excluding hydrogens is 482 g/mol. The minimum absolute atomic E-state index is 0.0702. The summed E-state index contributed by atoms with van der Waals surface area (Å²) in [5, 5.41) is 14.9. The molecule has 2 aromatic carbocycles. The van der Waals surface area contributed by atoms with Crippen molar-refractivity contribution in [2.24, 2.45) is 0 Å². The van der Waals surface area contributed by atoms with Gasteiger partial charge in [0, 0.05) is 48.4 Å². The SMILES string of the molecule is COc1cccc(C(CO)N2Cc3c(cc(-c4cnn(C5CCCCO5)c4)cc3-c3cncnc3)C2=O)c1. The number of ether oxygens (including phenoxy) is 2. The van der Waals surface area contributed by atoms with Crippen LogP contribution in [0.3, 0.4) is 0 Å². The van der Waals surface area contributed by atoms with Crippen LogP contribution >= 0.6 is 0 Å². The van der Waals surface area contributed by atoms with Crippen LogP contribution in [0.4, 0.5) is 0 Å². The molecule has 2 aliphatic heterocycles. The molecule has 0 bridgehead atoms. The van der Waals surface area contributed by atoms with E-state index in [1.807, 2.05) is 47.4 Å². The van der Waals surface area contributed by atoms with Gasteiger partial charge in [-0.25, -0.2) is 14.6 Å². The lowest BCUT2D eigenvalue weighted by molar-refractivity contribution is -0.0394. The summed E-state index contributed by atoms with van der Waals surface area (Å²) in [6, 6.07) is 10.9. The number of methoxy groups -OCH3 is 1. The standard InChI is InChI=1S/C29H29N5O4/c1-37-23-6-4-5-19(9-23)27(17-35)33-16-26-24(21-12-30-18-31-13-21)10-20(11-25(26)29(33)36)22-14-32-34(15-22)28-7-2-3-8-38-28/h4-6,9-15,18,27-28,35H,2-3,7-8,16-17H2,1H3. The van der Waals surface area contributed by atoms with Crippen molar-refractivity contribution >= 4 is 5.91 Å². The third-order valence-corrected chi connectivity index (χ3v) is 7.35.